The van der Waals surface area contributed by atoms with E-state index in [-0.39, 0.29) is 17.9 Å². The highest BCUT2D eigenvalue weighted by atomic mass is 32.1. The van der Waals surface area contributed by atoms with Gasteiger partial charge in [0.25, 0.3) is 11.8 Å². The molecule has 172 valence electrons. The van der Waals surface area contributed by atoms with Gasteiger partial charge in [0.1, 0.15) is 4.88 Å². The van der Waals surface area contributed by atoms with Crippen molar-refractivity contribution in [3.63, 3.8) is 0 Å². The lowest BCUT2D eigenvalue weighted by atomic mass is 10.1. The molecule has 2 heterocycles. The number of carbonyl (C=O) groups excluding carboxylic acids is 2. The molecule has 1 aromatic heterocycles. The van der Waals surface area contributed by atoms with Crippen molar-refractivity contribution in [2.45, 2.75) is 13.0 Å². The molecule has 2 amide bonds. The van der Waals surface area contributed by atoms with E-state index in [1.807, 2.05) is 57.4 Å². The van der Waals surface area contributed by atoms with Gasteiger partial charge in [0.05, 0.1) is 5.69 Å². The van der Waals surface area contributed by atoms with Crippen molar-refractivity contribution in [1.82, 2.24) is 10.2 Å². The summed E-state index contributed by atoms with van der Waals surface area (Å²) >= 11 is 1.44. The zero-order valence-corrected chi connectivity index (χ0v) is 19.9. The van der Waals surface area contributed by atoms with Crippen LogP contribution in [0.1, 0.15) is 27.0 Å². The van der Waals surface area contributed by atoms with Crippen LogP contribution in [0.4, 0.5) is 17.1 Å². The Morgan fingerprint density at radius 3 is 2.82 bits per heavy atom. The Morgan fingerprint density at radius 1 is 1.18 bits per heavy atom. The van der Waals surface area contributed by atoms with Crippen molar-refractivity contribution in [3.8, 4) is 0 Å². The van der Waals surface area contributed by atoms with Crippen molar-refractivity contribution >= 4 is 50.3 Å². The molecule has 0 spiro atoms. The zero-order chi connectivity index (χ0) is 23.4. The topological polar surface area (TPSA) is 85.5 Å². The van der Waals surface area contributed by atoms with Gasteiger partial charge in [-0.2, -0.15) is 0 Å². The van der Waals surface area contributed by atoms with E-state index in [2.05, 4.69) is 38.3 Å². The Bertz CT molecular complexity index is 1200. The van der Waals surface area contributed by atoms with E-state index >= 15 is 0 Å². The van der Waals surface area contributed by atoms with Crippen LogP contribution in [-0.4, -0.2) is 56.5 Å². The Hall–Kier alpha value is -3.36. The number of rotatable bonds is 7. The molecule has 8 heteroatoms. The third kappa shape index (κ3) is 5.53. The van der Waals surface area contributed by atoms with Crippen molar-refractivity contribution in [1.29, 1.82) is 0 Å². The van der Waals surface area contributed by atoms with Gasteiger partial charge in [0.2, 0.25) is 0 Å². The molecule has 0 radical (unpaired) electrons. The SMILES string of the molecule is C[C@@H]1CNc2c(sc3ccc(C(=O)Nc4cccc(NC/C=C/CN(C)C)c4)cc23)C(=O)N1. The van der Waals surface area contributed by atoms with Crippen LogP contribution in [-0.2, 0) is 0 Å². The second-order valence-electron chi connectivity index (χ2n) is 8.42. The Balaban J connectivity index is 1.47. The number of hydrogen-bond acceptors (Lipinski definition) is 6. The van der Waals surface area contributed by atoms with E-state index < -0.39 is 0 Å². The van der Waals surface area contributed by atoms with Crippen molar-refractivity contribution < 1.29 is 9.59 Å². The van der Waals surface area contributed by atoms with Gasteiger partial charge in [0, 0.05) is 52.7 Å². The number of anilines is 3. The van der Waals surface area contributed by atoms with E-state index in [1.165, 1.54) is 11.3 Å². The number of fused-ring (bicyclic) bond motifs is 3. The van der Waals surface area contributed by atoms with Gasteiger partial charge in [-0.3, -0.25) is 9.59 Å². The highest BCUT2D eigenvalue weighted by Gasteiger charge is 2.24. The summed E-state index contributed by atoms with van der Waals surface area (Å²) in [7, 11) is 4.06. The Labute approximate surface area is 197 Å². The first-order valence-electron chi connectivity index (χ1n) is 11.0. The summed E-state index contributed by atoms with van der Waals surface area (Å²) in [6.07, 6.45) is 4.19. The minimum absolute atomic E-state index is 0.0444. The summed E-state index contributed by atoms with van der Waals surface area (Å²) in [4.78, 5) is 28.2. The number of thiophene rings is 1. The van der Waals surface area contributed by atoms with Gasteiger partial charge >= 0.3 is 0 Å². The second-order valence-corrected chi connectivity index (χ2v) is 9.47. The predicted octanol–water partition coefficient (Wildman–Crippen LogP) is 4.23. The molecule has 0 saturated carbocycles. The molecule has 1 atom stereocenters. The number of likely N-dealkylation sites (N-methyl/N-ethyl adjacent to an activating group) is 1. The second kappa shape index (κ2) is 10.1. The van der Waals surface area contributed by atoms with Crippen LogP contribution in [0.3, 0.4) is 0 Å². The molecule has 0 saturated heterocycles. The largest absolute Gasteiger partial charge is 0.382 e. The summed E-state index contributed by atoms with van der Waals surface area (Å²) in [6.45, 7) is 4.22. The summed E-state index contributed by atoms with van der Waals surface area (Å²) in [6, 6.07) is 13.3. The van der Waals surface area contributed by atoms with Crippen LogP contribution in [0.5, 0.6) is 0 Å². The minimum atomic E-state index is -0.189. The smallest absolute Gasteiger partial charge is 0.263 e. The number of nitrogens with zero attached hydrogens (tertiary/aromatic N) is 1. The van der Waals surface area contributed by atoms with Crippen molar-refractivity contribution in [2.75, 3.05) is 49.7 Å². The van der Waals surface area contributed by atoms with Crippen LogP contribution in [0.2, 0.25) is 0 Å². The van der Waals surface area contributed by atoms with Crippen LogP contribution in [0.15, 0.2) is 54.6 Å². The molecule has 0 aliphatic carbocycles. The first kappa shape index (κ1) is 22.8. The summed E-state index contributed by atoms with van der Waals surface area (Å²) in [5, 5.41) is 13.6. The average molecular weight is 464 g/mol. The number of hydrogen-bond donors (Lipinski definition) is 4. The first-order chi connectivity index (χ1) is 15.9. The zero-order valence-electron chi connectivity index (χ0n) is 19.1. The maximum Gasteiger partial charge on any atom is 0.263 e. The van der Waals surface area contributed by atoms with Gasteiger partial charge in [-0.05, 0) is 57.4 Å². The molecule has 0 fully saturated rings. The minimum Gasteiger partial charge on any atom is -0.382 e. The van der Waals surface area contributed by atoms with Gasteiger partial charge in [-0.1, -0.05) is 18.2 Å². The molecular weight excluding hydrogens is 434 g/mol. The van der Waals surface area contributed by atoms with Gasteiger partial charge < -0.3 is 26.2 Å². The van der Waals surface area contributed by atoms with E-state index in [4.69, 9.17) is 0 Å². The molecule has 7 nitrogen and oxygen atoms in total. The monoisotopic (exact) mass is 463 g/mol. The standard InChI is InChI=1S/C25H29N5O2S/c1-16-15-27-22-20-13-17(9-10-21(20)33-23(22)25(32)28-16)24(31)29-19-8-6-7-18(14-19)26-11-4-5-12-30(2)3/h4-10,13-14,16,26-27H,11-12,15H2,1-3H3,(H,28,32)(H,29,31)/b5-4+/t16-/m1/s1. The maximum absolute atomic E-state index is 13.0. The molecule has 3 aromatic rings. The van der Waals surface area contributed by atoms with E-state index in [0.29, 0.717) is 23.5 Å². The lowest BCUT2D eigenvalue weighted by molar-refractivity contribution is 0.0948. The lowest BCUT2D eigenvalue weighted by Gasteiger charge is -2.10. The summed E-state index contributed by atoms with van der Waals surface area (Å²) in [5.41, 5.74) is 3.01. The average Bonchev–Trinajstić information content (AvgIpc) is 3.08. The molecule has 33 heavy (non-hydrogen) atoms. The molecule has 4 rings (SSSR count). The van der Waals surface area contributed by atoms with Crippen molar-refractivity contribution in [2.24, 2.45) is 0 Å². The van der Waals surface area contributed by atoms with Gasteiger partial charge in [-0.15, -0.1) is 11.3 Å². The third-order valence-corrected chi connectivity index (χ3v) is 6.47. The highest BCUT2D eigenvalue weighted by Crippen LogP contribution is 2.37. The molecule has 1 aliphatic heterocycles. The molecular formula is C25H29N5O2S. The fourth-order valence-corrected chi connectivity index (χ4v) is 4.69. The van der Waals surface area contributed by atoms with Crippen molar-refractivity contribution in [3.05, 3.63) is 65.1 Å². The third-order valence-electron chi connectivity index (χ3n) is 5.30. The lowest BCUT2D eigenvalue weighted by Crippen LogP contribution is -2.34. The number of benzene rings is 2. The predicted molar refractivity (Wildman–Crippen MR) is 138 cm³/mol. The Morgan fingerprint density at radius 2 is 2.00 bits per heavy atom. The van der Waals surface area contributed by atoms with Gasteiger partial charge in [0.15, 0.2) is 0 Å². The molecule has 2 aromatic carbocycles. The fraction of sp³-hybridized carbons (Fsp3) is 0.280. The van der Waals surface area contributed by atoms with E-state index in [9.17, 15) is 9.59 Å². The molecule has 0 unspecified atom stereocenters. The van der Waals surface area contributed by atoms with Crippen LogP contribution in [0.25, 0.3) is 10.1 Å². The summed E-state index contributed by atoms with van der Waals surface area (Å²) < 4.78 is 0.974. The quantitative estimate of drug-likeness (QED) is 0.394. The number of nitrogens with one attached hydrogen (secondary N) is 4. The molecule has 1 aliphatic rings. The van der Waals surface area contributed by atoms with Crippen LogP contribution < -0.4 is 21.3 Å². The van der Waals surface area contributed by atoms with Crippen LogP contribution >= 0.6 is 11.3 Å². The Kier molecular flexibility index (Phi) is 6.96. The molecule has 4 N–H and O–H groups in total. The normalized spacial score (nSPS) is 15.8. The highest BCUT2D eigenvalue weighted by molar-refractivity contribution is 7.21. The maximum atomic E-state index is 13.0. The van der Waals surface area contributed by atoms with Gasteiger partial charge in [-0.25, -0.2) is 0 Å². The first-order valence-corrected chi connectivity index (χ1v) is 11.8. The number of carbonyl (C=O) groups is 2. The summed E-state index contributed by atoms with van der Waals surface area (Å²) in [5.74, 6) is -0.262. The van der Waals surface area contributed by atoms with Crippen LogP contribution in [0, 0.1) is 0 Å². The van der Waals surface area contributed by atoms with E-state index in [1.54, 1.807) is 6.07 Å². The fourth-order valence-electron chi connectivity index (χ4n) is 3.63. The van der Waals surface area contributed by atoms with E-state index in [0.717, 1.165) is 33.7 Å². The number of amides is 2. The molecule has 0 bridgehead atoms.